The first-order chi connectivity index (χ1) is 8.24. The number of imidazole rings is 1. The normalized spacial score (nSPS) is 20.9. The van der Waals surface area contributed by atoms with E-state index in [1.54, 1.807) is 0 Å². The van der Waals surface area contributed by atoms with Gasteiger partial charge >= 0.3 is 0 Å². The van der Waals surface area contributed by atoms with Crippen molar-refractivity contribution < 1.29 is 4.74 Å². The van der Waals surface area contributed by atoms with E-state index >= 15 is 0 Å². The Morgan fingerprint density at radius 1 is 1.41 bits per heavy atom. The molecule has 2 aromatic rings. The summed E-state index contributed by atoms with van der Waals surface area (Å²) in [5.74, 6) is 0.973. The van der Waals surface area contributed by atoms with Gasteiger partial charge in [-0.3, -0.25) is 0 Å². The van der Waals surface area contributed by atoms with Crippen molar-refractivity contribution in [1.29, 1.82) is 0 Å². The molecule has 1 atom stereocenters. The quantitative estimate of drug-likeness (QED) is 0.867. The molecule has 1 unspecified atom stereocenters. The molecule has 1 fully saturated rings. The number of benzene rings is 1. The number of rotatable bonds is 1. The lowest BCUT2D eigenvalue weighted by atomic mass is 10.1. The number of hydrogen-bond acceptors (Lipinski definition) is 2. The maximum Gasteiger partial charge on any atom is 0.136 e. The maximum absolute atomic E-state index is 5.76. The van der Waals surface area contributed by atoms with Gasteiger partial charge in [0.15, 0.2) is 0 Å². The Labute approximate surface area is 109 Å². The maximum atomic E-state index is 5.76. The Balaban J connectivity index is 2.03. The zero-order chi connectivity index (χ0) is 11.8. The lowest BCUT2D eigenvalue weighted by molar-refractivity contribution is 0.0101. The molecule has 0 radical (unpaired) electrons. The Bertz CT molecular complexity index is 544. The second-order valence-corrected chi connectivity index (χ2v) is 5.51. The second-order valence-electron chi connectivity index (χ2n) is 4.60. The lowest BCUT2D eigenvalue weighted by Crippen LogP contribution is -2.12. The summed E-state index contributed by atoms with van der Waals surface area (Å²) in [6, 6.07) is 4.16. The van der Waals surface area contributed by atoms with Gasteiger partial charge in [0.25, 0.3) is 0 Å². The predicted octanol–water partition coefficient (Wildman–Crippen LogP) is 3.88. The van der Waals surface area contributed by atoms with Gasteiger partial charge in [0.05, 0.1) is 11.0 Å². The van der Waals surface area contributed by atoms with Gasteiger partial charge < -0.3 is 9.72 Å². The molecule has 2 heterocycles. The van der Waals surface area contributed by atoms with Crippen LogP contribution in [0.2, 0.25) is 0 Å². The number of fused-ring (bicyclic) bond motifs is 1. The predicted molar refractivity (Wildman–Crippen MR) is 71.1 cm³/mol. The lowest BCUT2D eigenvalue weighted by Gasteiger charge is -2.20. The summed E-state index contributed by atoms with van der Waals surface area (Å²) in [6.45, 7) is 2.93. The fourth-order valence-corrected chi connectivity index (χ4v) is 2.95. The SMILES string of the molecule is Cc1cc(Br)cc2[nH]c(C3CCCCO3)nc12. The van der Waals surface area contributed by atoms with E-state index in [2.05, 4.69) is 45.0 Å². The molecule has 17 heavy (non-hydrogen) atoms. The Hall–Kier alpha value is -0.870. The highest BCUT2D eigenvalue weighted by molar-refractivity contribution is 9.10. The molecule has 0 bridgehead atoms. The molecule has 1 saturated heterocycles. The molecule has 0 amide bonds. The van der Waals surface area contributed by atoms with Crippen molar-refractivity contribution >= 4 is 27.0 Å². The highest BCUT2D eigenvalue weighted by Gasteiger charge is 2.19. The highest BCUT2D eigenvalue weighted by atomic mass is 79.9. The van der Waals surface area contributed by atoms with E-state index in [4.69, 9.17) is 4.74 Å². The molecule has 4 heteroatoms. The molecule has 0 aliphatic carbocycles. The van der Waals surface area contributed by atoms with Gasteiger partial charge in [0.1, 0.15) is 11.9 Å². The number of aromatic nitrogens is 2. The van der Waals surface area contributed by atoms with Gasteiger partial charge in [0, 0.05) is 11.1 Å². The van der Waals surface area contributed by atoms with E-state index in [0.717, 1.165) is 34.4 Å². The third-order valence-electron chi connectivity index (χ3n) is 3.24. The largest absolute Gasteiger partial charge is 0.370 e. The van der Waals surface area contributed by atoms with Crippen LogP contribution in [-0.2, 0) is 4.74 Å². The van der Waals surface area contributed by atoms with Crippen molar-refractivity contribution in [2.24, 2.45) is 0 Å². The molecule has 3 nitrogen and oxygen atoms in total. The van der Waals surface area contributed by atoms with E-state index in [1.165, 1.54) is 18.4 Å². The first kappa shape index (κ1) is 11.2. The number of aryl methyl sites for hydroxylation is 1. The van der Waals surface area contributed by atoms with E-state index in [-0.39, 0.29) is 6.10 Å². The molecule has 1 aromatic carbocycles. The molecule has 90 valence electrons. The van der Waals surface area contributed by atoms with Crippen LogP contribution >= 0.6 is 15.9 Å². The molecule has 1 aromatic heterocycles. The van der Waals surface area contributed by atoms with E-state index in [0.29, 0.717) is 0 Å². The van der Waals surface area contributed by atoms with Crippen LogP contribution in [0.4, 0.5) is 0 Å². The summed E-state index contributed by atoms with van der Waals surface area (Å²) in [7, 11) is 0. The van der Waals surface area contributed by atoms with E-state index < -0.39 is 0 Å². The standard InChI is InChI=1S/C13H15BrN2O/c1-8-6-9(14)7-10-12(8)16-13(15-10)11-4-2-3-5-17-11/h6-7,11H,2-5H2,1H3,(H,15,16). The number of H-pyrrole nitrogens is 1. The summed E-state index contributed by atoms with van der Waals surface area (Å²) >= 11 is 3.51. The van der Waals surface area contributed by atoms with E-state index in [9.17, 15) is 0 Å². The number of nitrogens with one attached hydrogen (secondary N) is 1. The van der Waals surface area contributed by atoms with Crippen molar-refractivity contribution in [3.63, 3.8) is 0 Å². The first-order valence-corrected chi connectivity index (χ1v) is 6.81. The average molecular weight is 295 g/mol. The Morgan fingerprint density at radius 3 is 3.06 bits per heavy atom. The van der Waals surface area contributed by atoms with Crippen molar-refractivity contribution in [3.8, 4) is 0 Å². The number of aromatic amines is 1. The first-order valence-electron chi connectivity index (χ1n) is 6.01. The van der Waals surface area contributed by atoms with Crippen LogP contribution < -0.4 is 0 Å². The minimum atomic E-state index is 0.148. The van der Waals surface area contributed by atoms with Gasteiger partial charge in [-0.05, 0) is 43.9 Å². The third kappa shape index (κ3) is 2.11. The van der Waals surface area contributed by atoms with Crippen LogP contribution in [0.15, 0.2) is 16.6 Å². The fourth-order valence-electron chi connectivity index (χ4n) is 2.37. The monoisotopic (exact) mass is 294 g/mol. The van der Waals surface area contributed by atoms with Crippen molar-refractivity contribution in [3.05, 3.63) is 28.0 Å². The molecule has 0 spiro atoms. The number of halogens is 1. The molecule has 3 rings (SSSR count). The summed E-state index contributed by atoms with van der Waals surface area (Å²) in [5, 5.41) is 0. The van der Waals surface area contributed by atoms with Crippen molar-refractivity contribution in [2.75, 3.05) is 6.61 Å². The summed E-state index contributed by atoms with van der Waals surface area (Å²) in [5.41, 5.74) is 3.33. The van der Waals surface area contributed by atoms with Gasteiger partial charge in [-0.1, -0.05) is 15.9 Å². The van der Waals surface area contributed by atoms with Crippen LogP contribution in [0.3, 0.4) is 0 Å². The minimum absolute atomic E-state index is 0.148. The molecule has 1 aliphatic heterocycles. The number of nitrogens with zero attached hydrogens (tertiary/aromatic N) is 1. The fraction of sp³-hybridized carbons (Fsp3) is 0.462. The zero-order valence-corrected chi connectivity index (χ0v) is 11.4. The van der Waals surface area contributed by atoms with E-state index in [1.807, 2.05) is 0 Å². The second kappa shape index (κ2) is 4.42. The third-order valence-corrected chi connectivity index (χ3v) is 3.70. The smallest absolute Gasteiger partial charge is 0.136 e. The van der Waals surface area contributed by atoms with Gasteiger partial charge in [-0.2, -0.15) is 0 Å². The Kier molecular flexibility index (Phi) is 2.92. The zero-order valence-electron chi connectivity index (χ0n) is 9.79. The molecule has 0 saturated carbocycles. The van der Waals surface area contributed by atoms with Gasteiger partial charge in [-0.15, -0.1) is 0 Å². The number of hydrogen-bond donors (Lipinski definition) is 1. The van der Waals surface area contributed by atoms with Gasteiger partial charge in [-0.25, -0.2) is 4.98 Å². The summed E-state index contributed by atoms with van der Waals surface area (Å²) < 4.78 is 6.84. The number of ether oxygens (including phenoxy) is 1. The van der Waals surface area contributed by atoms with Crippen LogP contribution in [0.25, 0.3) is 11.0 Å². The van der Waals surface area contributed by atoms with Gasteiger partial charge in [0.2, 0.25) is 0 Å². The Morgan fingerprint density at radius 2 is 2.29 bits per heavy atom. The summed E-state index contributed by atoms with van der Waals surface area (Å²) in [4.78, 5) is 8.06. The van der Waals surface area contributed by atoms with Crippen molar-refractivity contribution in [2.45, 2.75) is 32.3 Å². The molecular weight excluding hydrogens is 280 g/mol. The van der Waals surface area contributed by atoms with Crippen LogP contribution in [-0.4, -0.2) is 16.6 Å². The van der Waals surface area contributed by atoms with Crippen LogP contribution in [0, 0.1) is 6.92 Å². The van der Waals surface area contributed by atoms with Crippen LogP contribution in [0.5, 0.6) is 0 Å². The van der Waals surface area contributed by atoms with Crippen molar-refractivity contribution in [1.82, 2.24) is 9.97 Å². The molecule has 1 aliphatic rings. The average Bonchev–Trinajstić information content (AvgIpc) is 2.74. The molecular formula is C13H15BrN2O. The minimum Gasteiger partial charge on any atom is -0.370 e. The highest BCUT2D eigenvalue weighted by Crippen LogP contribution is 2.29. The topological polar surface area (TPSA) is 37.9 Å². The molecule has 1 N–H and O–H groups in total. The van der Waals surface area contributed by atoms with Crippen LogP contribution in [0.1, 0.15) is 36.8 Å². The summed E-state index contributed by atoms with van der Waals surface area (Å²) in [6.07, 6.45) is 3.61.